The van der Waals surface area contributed by atoms with E-state index in [2.05, 4.69) is 29.2 Å². The molecule has 0 saturated carbocycles. The van der Waals surface area contributed by atoms with Gasteiger partial charge in [0.05, 0.1) is 0 Å². The Morgan fingerprint density at radius 2 is 1.61 bits per heavy atom. The van der Waals surface area contributed by atoms with Crippen molar-refractivity contribution >= 4 is 47.0 Å². The molecule has 0 aliphatic heterocycles. The first-order chi connectivity index (χ1) is 19.3. The summed E-state index contributed by atoms with van der Waals surface area (Å²) in [6.45, 7) is 10.9. The molecule has 2 unspecified atom stereocenters. The van der Waals surface area contributed by atoms with Crippen LogP contribution in [-0.2, 0) is 14.3 Å². The smallest absolute Gasteiger partial charge is 0.408 e. The first-order valence-corrected chi connectivity index (χ1v) is 14.2. The molecule has 0 aliphatic rings. The third-order valence-corrected chi connectivity index (χ3v) is 7.21. The Morgan fingerprint density at radius 3 is 2.17 bits per heavy atom. The minimum Gasteiger partial charge on any atom is -0.444 e. The summed E-state index contributed by atoms with van der Waals surface area (Å²) < 4.78 is 5.39. The maximum Gasteiger partial charge on any atom is 0.408 e. The number of carbonyl (C=O) groups is 3. The Labute approximate surface area is 248 Å². The molecule has 3 rings (SSSR count). The van der Waals surface area contributed by atoms with Gasteiger partial charge < -0.3 is 20.3 Å². The molecular formula is C33H39N3O4S. The van der Waals surface area contributed by atoms with E-state index in [-0.39, 0.29) is 5.75 Å². The summed E-state index contributed by atoms with van der Waals surface area (Å²) in [5.74, 6) is 1.73. The van der Waals surface area contributed by atoms with Crippen LogP contribution >= 0.6 is 12.6 Å². The van der Waals surface area contributed by atoms with Crippen LogP contribution in [0.25, 0.3) is 10.8 Å². The molecule has 2 N–H and O–H groups in total. The van der Waals surface area contributed by atoms with Gasteiger partial charge in [-0.3, -0.25) is 9.59 Å². The molecule has 0 heterocycles. The minimum atomic E-state index is -1.04. The topological polar surface area (TPSA) is 87.7 Å². The van der Waals surface area contributed by atoms with Crippen LogP contribution in [0.15, 0.2) is 66.7 Å². The number of hydrogen-bond donors (Lipinski definition) is 3. The van der Waals surface area contributed by atoms with Gasteiger partial charge in [0, 0.05) is 22.5 Å². The lowest BCUT2D eigenvalue weighted by Crippen LogP contribution is -2.59. The highest BCUT2D eigenvalue weighted by Gasteiger charge is 2.43. The molecule has 3 aromatic rings. The fraction of sp³-hybridized carbons (Fsp3) is 0.364. The Balaban J connectivity index is 2.08. The fourth-order valence-electron chi connectivity index (χ4n) is 4.41. The first kappa shape index (κ1) is 31.6. The van der Waals surface area contributed by atoms with Crippen molar-refractivity contribution in [2.75, 3.05) is 11.1 Å². The molecule has 216 valence electrons. The number of alkyl carbamates (subject to hydrolysis) is 1. The number of hydrogen-bond acceptors (Lipinski definition) is 5. The number of nitrogens with one attached hydrogen (secondary N) is 2. The van der Waals surface area contributed by atoms with E-state index in [9.17, 15) is 14.4 Å². The summed E-state index contributed by atoms with van der Waals surface area (Å²) in [7, 11) is 0. The molecule has 8 heteroatoms. The lowest BCUT2D eigenvalue weighted by molar-refractivity contribution is -0.147. The fourth-order valence-corrected chi connectivity index (χ4v) is 4.65. The highest BCUT2D eigenvalue weighted by molar-refractivity contribution is 7.80. The number of thiol groups is 1. The second-order valence-electron chi connectivity index (χ2n) is 11.5. The van der Waals surface area contributed by atoms with Crippen molar-refractivity contribution in [2.45, 2.75) is 71.2 Å². The monoisotopic (exact) mass is 573 g/mol. The lowest BCUT2D eigenvalue weighted by Gasteiger charge is -2.44. The van der Waals surface area contributed by atoms with Crippen molar-refractivity contribution < 1.29 is 19.1 Å². The van der Waals surface area contributed by atoms with Gasteiger partial charge in [-0.1, -0.05) is 55.3 Å². The van der Waals surface area contributed by atoms with Gasteiger partial charge in [0.25, 0.3) is 5.91 Å². The molecule has 0 bridgehead atoms. The van der Waals surface area contributed by atoms with E-state index < -0.39 is 41.1 Å². The van der Waals surface area contributed by atoms with Gasteiger partial charge in [0.2, 0.25) is 5.91 Å². The van der Waals surface area contributed by atoms with Gasteiger partial charge in [-0.15, -0.1) is 6.42 Å². The summed E-state index contributed by atoms with van der Waals surface area (Å²) in [6.07, 6.45) is 5.37. The Bertz CT molecular complexity index is 1440. The predicted molar refractivity (Wildman–Crippen MR) is 168 cm³/mol. The van der Waals surface area contributed by atoms with Crippen molar-refractivity contribution in [2.24, 2.45) is 0 Å². The van der Waals surface area contributed by atoms with E-state index in [4.69, 9.17) is 11.2 Å². The van der Waals surface area contributed by atoms with E-state index >= 15 is 0 Å². The predicted octanol–water partition coefficient (Wildman–Crippen LogP) is 6.34. The quantitative estimate of drug-likeness (QED) is 0.206. The van der Waals surface area contributed by atoms with Crippen molar-refractivity contribution in [1.82, 2.24) is 10.2 Å². The van der Waals surface area contributed by atoms with Crippen LogP contribution in [0.3, 0.4) is 0 Å². The highest BCUT2D eigenvalue weighted by atomic mass is 32.1. The van der Waals surface area contributed by atoms with Gasteiger partial charge in [-0.25, -0.2) is 4.79 Å². The second kappa shape index (κ2) is 13.1. The van der Waals surface area contributed by atoms with E-state index in [0.717, 1.165) is 10.8 Å². The Kier molecular flexibility index (Phi) is 10.1. The van der Waals surface area contributed by atoms with Crippen molar-refractivity contribution in [3.8, 4) is 12.3 Å². The number of terminal acetylenes is 1. The van der Waals surface area contributed by atoms with E-state index in [1.165, 1.54) is 4.90 Å². The maximum atomic E-state index is 14.2. The highest BCUT2D eigenvalue weighted by Crippen LogP contribution is 2.33. The number of carbonyl (C=O) groups excluding carboxylic acids is 3. The standard InChI is InChI=1S/C33H39N3O4S/c1-8-22-14-16-24(17-15-22)28(29(37)34-26-19-18-23-12-10-11-13-25(23)20-26)36(33(6,7)9-2)30(38)27(21-41)35-31(39)40-32(3,4)5/h1,10-20,27-28,41H,9,21H2,2-7H3,(H,34,37)(H,35,39). The van der Waals surface area contributed by atoms with Crippen molar-refractivity contribution in [3.05, 3.63) is 77.9 Å². The molecular weight excluding hydrogens is 534 g/mol. The minimum absolute atomic E-state index is 0.00339. The lowest BCUT2D eigenvalue weighted by atomic mass is 9.91. The average Bonchev–Trinajstić information content (AvgIpc) is 2.93. The van der Waals surface area contributed by atoms with Gasteiger partial charge in [-0.2, -0.15) is 12.6 Å². The van der Waals surface area contributed by atoms with Crippen molar-refractivity contribution in [1.29, 1.82) is 0 Å². The van der Waals surface area contributed by atoms with Crippen LogP contribution < -0.4 is 10.6 Å². The Hall–Kier alpha value is -3.96. The maximum absolute atomic E-state index is 14.2. The molecule has 0 spiro atoms. The second-order valence-corrected chi connectivity index (χ2v) is 11.8. The summed E-state index contributed by atoms with van der Waals surface area (Å²) in [4.78, 5) is 42.6. The van der Waals surface area contributed by atoms with Gasteiger partial charge in [0.15, 0.2) is 0 Å². The van der Waals surface area contributed by atoms with Crippen LogP contribution in [0.2, 0.25) is 0 Å². The number of ether oxygens (including phenoxy) is 1. The molecule has 7 nitrogen and oxygen atoms in total. The largest absolute Gasteiger partial charge is 0.444 e. The molecule has 0 fully saturated rings. The zero-order valence-electron chi connectivity index (χ0n) is 24.5. The number of nitrogens with zero attached hydrogens (tertiary/aromatic N) is 1. The van der Waals surface area contributed by atoms with Crippen LogP contribution in [0.4, 0.5) is 10.5 Å². The van der Waals surface area contributed by atoms with Gasteiger partial charge in [-0.05, 0) is 81.6 Å². The molecule has 0 radical (unpaired) electrons. The van der Waals surface area contributed by atoms with Crippen LogP contribution in [0.5, 0.6) is 0 Å². The normalized spacial score (nSPS) is 13.0. The third-order valence-electron chi connectivity index (χ3n) is 6.84. The molecule has 3 aromatic carbocycles. The molecule has 0 saturated heterocycles. The van der Waals surface area contributed by atoms with Crippen LogP contribution in [-0.4, -0.2) is 45.7 Å². The number of rotatable bonds is 9. The van der Waals surface area contributed by atoms with Crippen molar-refractivity contribution in [3.63, 3.8) is 0 Å². The summed E-state index contributed by atoms with van der Waals surface area (Å²) in [6, 6.07) is 18.4. The Morgan fingerprint density at radius 1 is 0.976 bits per heavy atom. The summed E-state index contributed by atoms with van der Waals surface area (Å²) in [5, 5.41) is 7.68. The van der Waals surface area contributed by atoms with E-state index in [0.29, 0.717) is 23.2 Å². The number of anilines is 1. The van der Waals surface area contributed by atoms with E-state index in [1.807, 2.05) is 63.2 Å². The average molecular weight is 574 g/mol. The third kappa shape index (κ3) is 8.05. The first-order valence-electron chi connectivity index (χ1n) is 13.6. The molecule has 41 heavy (non-hydrogen) atoms. The van der Waals surface area contributed by atoms with Crippen LogP contribution in [0.1, 0.15) is 65.1 Å². The van der Waals surface area contributed by atoms with Crippen LogP contribution in [0, 0.1) is 12.3 Å². The van der Waals surface area contributed by atoms with Gasteiger partial charge >= 0.3 is 6.09 Å². The number of amides is 3. The molecule has 0 aromatic heterocycles. The number of benzene rings is 3. The number of fused-ring (bicyclic) bond motifs is 1. The van der Waals surface area contributed by atoms with E-state index in [1.54, 1.807) is 45.0 Å². The van der Waals surface area contributed by atoms with Gasteiger partial charge in [0.1, 0.15) is 17.7 Å². The molecule has 2 atom stereocenters. The zero-order valence-corrected chi connectivity index (χ0v) is 25.4. The zero-order chi connectivity index (χ0) is 30.4. The summed E-state index contributed by atoms with van der Waals surface area (Å²) >= 11 is 4.37. The summed E-state index contributed by atoms with van der Waals surface area (Å²) in [5.41, 5.74) is 0.280. The SMILES string of the molecule is C#Cc1ccc(C(C(=O)Nc2ccc3ccccc3c2)N(C(=O)C(CS)NC(=O)OC(C)(C)C)C(C)(C)CC)cc1. The molecule has 0 aliphatic carbocycles. The molecule has 3 amide bonds.